The first-order chi connectivity index (χ1) is 13.5. The number of aromatic nitrogens is 3. The molecule has 0 fully saturated rings. The predicted molar refractivity (Wildman–Crippen MR) is 110 cm³/mol. The zero-order valence-corrected chi connectivity index (χ0v) is 16.9. The van der Waals surface area contributed by atoms with Crippen molar-refractivity contribution < 1.29 is 13.2 Å². The summed E-state index contributed by atoms with van der Waals surface area (Å²) in [6.07, 6.45) is 4.66. The first-order valence-corrected chi connectivity index (χ1v) is 11.2. The molecule has 4 rings (SSSR count). The molecular formula is C19H18N4O3S2. The Kier molecular flexibility index (Phi) is 4.78. The first kappa shape index (κ1) is 18.5. The summed E-state index contributed by atoms with van der Waals surface area (Å²) in [7, 11) is -2.00. The van der Waals surface area contributed by atoms with Crippen LogP contribution in [0.5, 0.6) is 5.75 Å². The average molecular weight is 415 g/mol. The molecule has 0 atom stereocenters. The van der Waals surface area contributed by atoms with Crippen LogP contribution in [-0.2, 0) is 16.6 Å². The van der Waals surface area contributed by atoms with Gasteiger partial charge >= 0.3 is 0 Å². The Morgan fingerprint density at radius 2 is 1.96 bits per heavy atom. The molecule has 0 bridgehead atoms. The van der Waals surface area contributed by atoms with Crippen molar-refractivity contribution in [3.8, 4) is 16.3 Å². The van der Waals surface area contributed by atoms with Crippen LogP contribution in [0.3, 0.4) is 0 Å². The molecule has 144 valence electrons. The van der Waals surface area contributed by atoms with Gasteiger partial charge in [0.1, 0.15) is 11.4 Å². The SMILES string of the molecule is COc1ccc(CN(c2nc3ncccn3c2-c2cccs2)S(C)(=O)=O)cc1. The van der Waals surface area contributed by atoms with Gasteiger partial charge in [0.2, 0.25) is 15.8 Å². The largest absolute Gasteiger partial charge is 0.497 e. The Hall–Kier alpha value is -2.91. The van der Waals surface area contributed by atoms with Gasteiger partial charge in [0, 0.05) is 12.4 Å². The molecule has 0 spiro atoms. The molecule has 0 unspecified atom stereocenters. The second-order valence-corrected chi connectivity index (χ2v) is 9.02. The van der Waals surface area contributed by atoms with Crippen molar-refractivity contribution in [2.75, 3.05) is 17.7 Å². The highest BCUT2D eigenvalue weighted by Crippen LogP contribution is 2.35. The van der Waals surface area contributed by atoms with Gasteiger partial charge in [0.25, 0.3) is 0 Å². The summed E-state index contributed by atoms with van der Waals surface area (Å²) in [5.41, 5.74) is 1.53. The number of fused-ring (bicyclic) bond motifs is 1. The summed E-state index contributed by atoms with van der Waals surface area (Å²) in [5, 5.41) is 1.95. The van der Waals surface area contributed by atoms with Crippen LogP contribution in [0.15, 0.2) is 60.2 Å². The van der Waals surface area contributed by atoms with Gasteiger partial charge in [-0.3, -0.25) is 4.40 Å². The van der Waals surface area contributed by atoms with E-state index in [1.807, 2.05) is 40.2 Å². The second kappa shape index (κ2) is 7.25. The smallest absolute Gasteiger partial charge is 0.236 e. The molecule has 9 heteroatoms. The van der Waals surface area contributed by atoms with E-state index in [1.165, 1.54) is 21.9 Å². The van der Waals surface area contributed by atoms with Gasteiger partial charge in [0.05, 0.1) is 24.8 Å². The maximum absolute atomic E-state index is 12.7. The zero-order chi connectivity index (χ0) is 19.7. The standard InChI is InChI=1S/C19H18N4O3S2/c1-26-15-8-6-14(7-9-15)13-23(28(2,24)25)18-17(16-5-3-12-27-16)22-11-4-10-20-19(22)21-18/h3-12H,13H2,1-2H3. The number of sulfonamides is 1. The van der Waals surface area contributed by atoms with Gasteiger partial charge in [-0.05, 0) is 35.2 Å². The molecule has 0 saturated heterocycles. The summed E-state index contributed by atoms with van der Waals surface area (Å²) in [4.78, 5) is 9.75. The molecule has 0 amide bonds. The highest BCUT2D eigenvalue weighted by Gasteiger charge is 2.27. The molecule has 0 aliphatic carbocycles. The molecular weight excluding hydrogens is 396 g/mol. The molecule has 3 aromatic heterocycles. The van der Waals surface area contributed by atoms with Crippen molar-refractivity contribution in [3.63, 3.8) is 0 Å². The number of hydrogen-bond donors (Lipinski definition) is 0. The maximum atomic E-state index is 12.7. The van der Waals surface area contributed by atoms with E-state index in [4.69, 9.17) is 4.74 Å². The lowest BCUT2D eigenvalue weighted by atomic mass is 10.2. The molecule has 0 saturated carbocycles. The van der Waals surface area contributed by atoms with Crippen LogP contribution in [0.4, 0.5) is 5.82 Å². The van der Waals surface area contributed by atoms with Crippen molar-refractivity contribution in [3.05, 3.63) is 65.8 Å². The van der Waals surface area contributed by atoms with E-state index in [1.54, 1.807) is 31.5 Å². The van der Waals surface area contributed by atoms with E-state index in [-0.39, 0.29) is 6.54 Å². The van der Waals surface area contributed by atoms with Gasteiger partial charge in [-0.15, -0.1) is 11.3 Å². The molecule has 28 heavy (non-hydrogen) atoms. The van der Waals surface area contributed by atoms with Crippen LogP contribution >= 0.6 is 11.3 Å². The summed E-state index contributed by atoms with van der Waals surface area (Å²) in [6.45, 7) is 0.158. The Morgan fingerprint density at radius 3 is 2.61 bits per heavy atom. The molecule has 7 nitrogen and oxygen atoms in total. The van der Waals surface area contributed by atoms with Crippen LogP contribution in [0.25, 0.3) is 16.3 Å². The second-order valence-electron chi connectivity index (χ2n) is 6.17. The minimum atomic E-state index is -3.59. The molecule has 1 aromatic carbocycles. The number of ether oxygens (including phenoxy) is 1. The number of nitrogens with zero attached hydrogens (tertiary/aromatic N) is 4. The van der Waals surface area contributed by atoms with Crippen LogP contribution in [0.2, 0.25) is 0 Å². The Labute approximate surface area is 166 Å². The van der Waals surface area contributed by atoms with Crippen molar-refractivity contribution in [2.24, 2.45) is 0 Å². The van der Waals surface area contributed by atoms with Crippen LogP contribution in [0.1, 0.15) is 5.56 Å². The van der Waals surface area contributed by atoms with E-state index in [2.05, 4.69) is 9.97 Å². The third-order valence-electron chi connectivity index (χ3n) is 4.26. The minimum absolute atomic E-state index is 0.158. The van der Waals surface area contributed by atoms with Crippen LogP contribution < -0.4 is 9.04 Å². The van der Waals surface area contributed by atoms with E-state index < -0.39 is 10.0 Å². The summed E-state index contributed by atoms with van der Waals surface area (Å²) in [5.74, 6) is 1.52. The number of thiophene rings is 1. The summed E-state index contributed by atoms with van der Waals surface area (Å²) >= 11 is 1.52. The number of anilines is 1. The fourth-order valence-electron chi connectivity index (χ4n) is 2.94. The number of benzene rings is 1. The Bertz CT molecular complexity index is 1200. The van der Waals surface area contributed by atoms with Crippen molar-refractivity contribution in [1.29, 1.82) is 0 Å². The van der Waals surface area contributed by atoms with E-state index in [0.717, 1.165) is 10.4 Å². The minimum Gasteiger partial charge on any atom is -0.497 e. The highest BCUT2D eigenvalue weighted by atomic mass is 32.2. The fourth-order valence-corrected chi connectivity index (χ4v) is 4.53. The van der Waals surface area contributed by atoms with Gasteiger partial charge in [0.15, 0.2) is 5.82 Å². The molecule has 0 N–H and O–H groups in total. The van der Waals surface area contributed by atoms with Gasteiger partial charge in [-0.2, -0.15) is 4.98 Å². The third kappa shape index (κ3) is 3.46. The first-order valence-electron chi connectivity index (χ1n) is 8.45. The molecule has 4 aromatic rings. The highest BCUT2D eigenvalue weighted by molar-refractivity contribution is 7.92. The number of hydrogen-bond acceptors (Lipinski definition) is 6. The number of methoxy groups -OCH3 is 1. The Morgan fingerprint density at radius 1 is 1.18 bits per heavy atom. The average Bonchev–Trinajstić information content (AvgIpc) is 3.32. The summed E-state index contributed by atoms with van der Waals surface area (Å²) in [6, 6.07) is 13.0. The molecule has 0 aliphatic rings. The normalized spacial score (nSPS) is 11.6. The van der Waals surface area contributed by atoms with Crippen molar-refractivity contribution in [1.82, 2.24) is 14.4 Å². The van der Waals surface area contributed by atoms with Crippen LogP contribution in [-0.4, -0.2) is 36.2 Å². The Balaban J connectivity index is 1.87. The van der Waals surface area contributed by atoms with Crippen LogP contribution in [0, 0.1) is 0 Å². The molecule has 3 heterocycles. The monoisotopic (exact) mass is 414 g/mol. The maximum Gasteiger partial charge on any atom is 0.236 e. The lowest BCUT2D eigenvalue weighted by Gasteiger charge is -2.21. The van der Waals surface area contributed by atoms with E-state index in [9.17, 15) is 8.42 Å². The van der Waals surface area contributed by atoms with E-state index in [0.29, 0.717) is 23.0 Å². The van der Waals surface area contributed by atoms with Crippen molar-refractivity contribution in [2.45, 2.75) is 6.54 Å². The number of imidazole rings is 1. The third-order valence-corrected chi connectivity index (χ3v) is 6.24. The zero-order valence-electron chi connectivity index (χ0n) is 15.3. The lowest BCUT2D eigenvalue weighted by Crippen LogP contribution is -2.30. The van der Waals surface area contributed by atoms with Gasteiger partial charge < -0.3 is 4.74 Å². The van der Waals surface area contributed by atoms with Gasteiger partial charge in [-0.25, -0.2) is 17.7 Å². The topological polar surface area (TPSA) is 76.8 Å². The predicted octanol–water partition coefficient (Wildman–Crippen LogP) is 3.43. The van der Waals surface area contributed by atoms with E-state index >= 15 is 0 Å². The summed E-state index contributed by atoms with van der Waals surface area (Å²) < 4.78 is 33.7. The van der Waals surface area contributed by atoms with Crippen molar-refractivity contribution >= 4 is 33.0 Å². The molecule has 0 aliphatic heterocycles. The quantitative estimate of drug-likeness (QED) is 0.483. The fraction of sp³-hybridized carbons (Fsp3) is 0.158. The number of rotatable bonds is 6. The lowest BCUT2D eigenvalue weighted by molar-refractivity contribution is 0.414. The molecule has 0 radical (unpaired) electrons. The van der Waals surface area contributed by atoms with Gasteiger partial charge in [-0.1, -0.05) is 18.2 Å².